The molecule has 0 bridgehead atoms. The van der Waals surface area contributed by atoms with E-state index in [0.29, 0.717) is 42.6 Å². The van der Waals surface area contributed by atoms with Gasteiger partial charge in [0, 0.05) is 12.0 Å². The molecule has 29 heavy (non-hydrogen) atoms. The minimum absolute atomic E-state index is 0.256. The Morgan fingerprint density at radius 1 is 0.966 bits per heavy atom. The van der Waals surface area contributed by atoms with Crippen LogP contribution in [-0.2, 0) is 5.41 Å². The molecule has 0 fully saturated rings. The molecule has 3 rings (SSSR count). The molecular weight excluding hydrogens is 374 g/mol. The van der Waals surface area contributed by atoms with Crippen molar-refractivity contribution >= 4 is 5.91 Å². The van der Waals surface area contributed by atoms with Crippen LogP contribution >= 0.6 is 0 Å². The number of carbonyl (C=O) groups excluding carboxylic acids is 1. The second-order valence-electron chi connectivity index (χ2n) is 7.31. The Labute approximate surface area is 170 Å². The Kier molecular flexibility index (Phi) is 6.06. The molecule has 2 aromatic carbocycles. The number of methoxy groups -OCH3 is 3. The number of hydrogen-bond donors (Lipinski definition) is 1. The zero-order valence-electron chi connectivity index (χ0n) is 17.5. The number of benzene rings is 2. The third kappa shape index (κ3) is 4.18. The molecule has 0 saturated carbocycles. The molecule has 1 heterocycles. The lowest BCUT2D eigenvalue weighted by atomic mass is 9.84. The minimum atomic E-state index is -0.324. The van der Waals surface area contributed by atoms with Crippen LogP contribution in [0.15, 0.2) is 30.3 Å². The van der Waals surface area contributed by atoms with Crippen molar-refractivity contribution in [1.29, 1.82) is 0 Å². The summed E-state index contributed by atoms with van der Waals surface area (Å²) in [6.45, 7) is 5.63. The van der Waals surface area contributed by atoms with Crippen LogP contribution in [-0.4, -0.2) is 47.0 Å². The summed E-state index contributed by atoms with van der Waals surface area (Å²) in [6, 6.07) is 9.22. The van der Waals surface area contributed by atoms with E-state index < -0.39 is 0 Å². The fourth-order valence-electron chi connectivity index (χ4n) is 3.24. The maximum atomic E-state index is 12.9. The van der Waals surface area contributed by atoms with Gasteiger partial charge in [-0.05, 0) is 29.8 Å². The van der Waals surface area contributed by atoms with Crippen molar-refractivity contribution in [2.75, 3.05) is 41.1 Å². The summed E-state index contributed by atoms with van der Waals surface area (Å²) < 4.78 is 27.3. The largest absolute Gasteiger partial charge is 0.493 e. The molecule has 7 heteroatoms. The summed E-state index contributed by atoms with van der Waals surface area (Å²) in [7, 11) is 4.53. The summed E-state index contributed by atoms with van der Waals surface area (Å²) in [5.41, 5.74) is 1.10. The zero-order valence-corrected chi connectivity index (χ0v) is 17.5. The van der Waals surface area contributed by atoms with E-state index in [0.717, 1.165) is 17.1 Å². The third-order valence-electron chi connectivity index (χ3n) is 4.96. The monoisotopic (exact) mass is 401 g/mol. The Morgan fingerprint density at radius 2 is 1.66 bits per heavy atom. The lowest BCUT2D eigenvalue weighted by Crippen LogP contribution is -2.37. The standard InChI is InChI=1S/C22H27NO6/c1-22(2,14-6-8-16-18(12-14)29-11-10-28-16)13-23-21(24)15-7-9-17(25-3)20(27-5)19(15)26-4/h6-9,12H,10-11,13H2,1-5H3,(H,23,24). The van der Waals surface area contributed by atoms with Crippen LogP contribution in [0.4, 0.5) is 0 Å². The fourth-order valence-corrected chi connectivity index (χ4v) is 3.24. The molecule has 0 aromatic heterocycles. The lowest BCUT2D eigenvalue weighted by molar-refractivity contribution is 0.0941. The first kappa shape index (κ1) is 20.6. The molecule has 0 radical (unpaired) electrons. The second kappa shape index (κ2) is 8.51. The van der Waals surface area contributed by atoms with Gasteiger partial charge in [0.2, 0.25) is 5.75 Å². The normalized spacial score (nSPS) is 12.9. The molecule has 0 atom stereocenters. The highest BCUT2D eigenvalue weighted by Crippen LogP contribution is 2.40. The van der Waals surface area contributed by atoms with E-state index in [1.165, 1.54) is 21.3 Å². The van der Waals surface area contributed by atoms with Crippen LogP contribution in [0.3, 0.4) is 0 Å². The summed E-state index contributed by atoms with van der Waals surface area (Å²) in [5, 5.41) is 2.99. The van der Waals surface area contributed by atoms with Crippen molar-refractivity contribution in [3.05, 3.63) is 41.5 Å². The Hall–Kier alpha value is -3.09. The van der Waals surface area contributed by atoms with E-state index in [9.17, 15) is 4.79 Å². The molecular formula is C22H27NO6. The molecule has 156 valence electrons. The third-order valence-corrected chi connectivity index (χ3v) is 4.96. The van der Waals surface area contributed by atoms with Gasteiger partial charge in [-0.1, -0.05) is 19.9 Å². The van der Waals surface area contributed by atoms with Gasteiger partial charge in [0.1, 0.15) is 13.2 Å². The van der Waals surface area contributed by atoms with E-state index >= 15 is 0 Å². The predicted octanol–water partition coefficient (Wildman–Crippen LogP) is 3.19. The minimum Gasteiger partial charge on any atom is -0.493 e. The van der Waals surface area contributed by atoms with Gasteiger partial charge in [-0.2, -0.15) is 0 Å². The van der Waals surface area contributed by atoms with Crippen LogP contribution in [0.2, 0.25) is 0 Å². The molecule has 1 amide bonds. The first-order chi connectivity index (χ1) is 13.9. The average Bonchev–Trinajstić information content (AvgIpc) is 2.75. The molecule has 0 spiro atoms. The van der Waals surface area contributed by atoms with Gasteiger partial charge in [0.15, 0.2) is 23.0 Å². The van der Waals surface area contributed by atoms with Crippen LogP contribution in [0, 0.1) is 0 Å². The number of fused-ring (bicyclic) bond motifs is 1. The van der Waals surface area contributed by atoms with E-state index in [4.69, 9.17) is 23.7 Å². The highest BCUT2D eigenvalue weighted by molar-refractivity contribution is 5.98. The number of rotatable bonds is 7. The molecule has 1 aliphatic heterocycles. The predicted molar refractivity (Wildman–Crippen MR) is 109 cm³/mol. The number of hydrogen-bond acceptors (Lipinski definition) is 6. The smallest absolute Gasteiger partial charge is 0.255 e. The van der Waals surface area contributed by atoms with Crippen LogP contribution in [0.25, 0.3) is 0 Å². The van der Waals surface area contributed by atoms with Crippen molar-refractivity contribution in [3.63, 3.8) is 0 Å². The summed E-state index contributed by atoms with van der Waals surface area (Å²) in [5.74, 6) is 2.44. The lowest BCUT2D eigenvalue weighted by Gasteiger charge is -2.28. The van der Waals surface area contributed by atoms with Crippen LogP contribution in [0.1, 0.15) is 29.8 Å². The van der Waals surface area contributed by atoms with E-state index in [-0.39, 0.29) is 11.3 Å². The van der Waals surface area contributed by atoms with Gasteiger partial charge < -0.3 is 29.0 Å². The first-order valence-electron chi connectivity index (χ1n) is 9.38. The number of ether oxygens (including phenoxy) is 5. The highest BCUT2D eigenvalue weighted by Gasteiger charge is 2.26. The summed E-state index contributed by atoms with van der Waals surface area (Å²) >= 11 is 0. The molecule has 1 N–H and O–H groups in total. The topological polar surface area (TPSA) is 75.3 Å². The Bertz CT molecular complexity index is 893. The zero-order chi connectivity index (χ0) is 21.0. The van der Waals surface area contributed by atoms with Gasteiger partial charge in [0.05, 0.1) is 26.9 Å². The molecule has 0 unspecified atom stereocenters. The van der Waals surface area contributed by atoms with Gasteiger partial charge in [-0.15, -0.1) is 0 Å². The van der Waals surface area contributed by atoms with E-state index in [1.807, 2.05) is 18.2 Å². The second-order valence-corrected chi connectivity index (χ2v) is 7.31. The molecule has 0 aliphatic carbocycles. The van der Waals surface area contributed by atoms with Crippen molar-refractivity contribution in [2.45, 2.75) is 19.3 Å². The number of nitrogens with one attached hydrogen (secondary N) is 1. The SMILES string of the molecule is COc1ccc(C(=O)NCC(C)(C)c2ccc3c(c2)OCCO3)c(OC)c1OC. The highest BCUT2D eigenvalue weighted by atomic mass is 16.6. The first-order valence-corrected chi connectivity index (χ1v) is 9.38. The summed E-state index contributed by atoms with van der Waals surface area (Å²) in [4.78, 5) is 12.9. The molecule has 7 nitrogen and oxygen atoms in total. The number of carbonyl (C=O) groups is 1. The maximum absolute atomic E-state index is 12.9. The molecule has 0 saturated heterocycles. The van der Waals surface area contributed by atoms with Gasteiger partial charge >= 0.3 is 0 Å². The van der Waals surface area contributed by atoms with Crippen molar-refractivity contribution in [1.82, 2.24) is 5.32 Å². The molecule has 1 aliphatic rings. The maximum Gasteiger partial charge on any atom is 0.255 e. The van der Waals surface area contributed by atoms with E-state index in [1.54, 1.807) is 12.1 Å². The summed E-state index contributed by atoms with van der Waals surface area (Å²) in [6.07, 6.45) is 0. The van der Waals surface area contributed by atoms with Crippen LogP contribution < -0.4 is 29.0 Å². The van der Waals surface area contributed by atoms with Crippen molar-refractivity contribution < 1.29 is 28.5 Å². The fraction of sp³-hybridized carbons (Fsp3) is 0.409. The van der Waals surface area contributed by atoms with Gasteiger partial charge in [-0.25, -0.2) is 0 Å². The van der Waals surface area contributed by atoms with Crippen LogP contribution in [0.5, 0.6) is 28.7 Å². The Morgan fingerprint density at radius 3 is 2.31 bits per heavy atom. The molecule has 2 aromatic rings. The van der Waals surface area contributed by atoms with Crippen molar-refractivity contribution in [2.24, 2.45) is 0 Å². The quantitative estimate of drug-likeness (QED) is 0.768. The number of amides is 1. The average molecular weight is 401 g/mol. The van der Waals surface area contributed by atoms with E-state index in [2.05, 4.69) is 19.2 Å². The van der Waals surface area contributed by atoms with Gasteiger partial charge in [0.25, 0.3) is 5.91 Å². The Balaban J connectivity index is 1.78. The van der Waals surface area contributed by atoms with Gasteiger partial charge in [-0.3, -0.25) is 4.79 Å². The van der Waals surface area contributed by atoms with Crippen molar-refractivity contribution in [3.8, 4) is 28.7 Å².